The normalized spacial score (nSPS) is 22.6. The highest BCUT2D eigenvalue weighted by Gasteiger charge is 2.63. The third-order valence-electron chi connectivity index (χ3n) is 3.25. The lowest BCUT2D eigenvalue weighted by Crippen LogP contribution is -2.57. The van der Waals surface area contributed by atoms with Crippen LogP contribution in [0.2, 0.25) is 0 Å². The molecule has 114 valence electrons. The molecule has 1 heterocycles. The highest BCUT2D eigenvalue weighted by atomic mass is 19.4. The second kappa shape index (κ2) is 5.14. The molecule has 0 aliphatic carbocycles. The predicted octanol–water partition coefficient (Wildman–Crippen LogP) is 2.53. The Bertz CT molecular complexity index is 569. The quantitative estimate of drug-likeness (QED) is 0.912. The molecule has 7 heteroatoms. The van der Waals surface area contributed by atoms with Gasteiger partial charge in [0.05, 0.1) is 12.1 Å². The van der Waals surface area contributed by atoms with Crippen LogP contribution in [0.4, 0.5) is 13.2 Å². The van der Waals surface area contributed by atoms with Crippen LogP contribution in [0, 0.1) is 5.92 Å². The Morgan fingerprint density at radius 1 is 1.33 bits per heavy atom. The zero-order chi connectivity index (χ0) is 15.8. The molecular formula is C14H15F3N2O2. The van der Waals surface area contributed by atoms with Crippen molar-refractivity contribution in [3.8, 4) is 0 Å². The molecule has 0 saturated heterocycles. The topological polar surface area (TPSA) is 52.9 Å². The number of rotatable bonds is 2. The van der Waals surface area contributed by atoms with Gasteiger partial charge in [-0.3, -0.25) is 4.79 Å². The summed E-state index contributed by atoms with van der Waals surface area (Å²) in [6.07, 6.45) is -5.77. The minimum absolute atomic E-state index is 0.0319. The van der Waals surface area contributed by atoms with E-state index < -0.39 is 30.1 Å². The van der Waals surface area contributed by atoms with E-state index in [2.05, 4.69) is 5.10 Å². The first-order chi connectivity index (χ1) is 9.67. The molecule has 0 aromatic heterocycles. The standard InChI is InChI=1S/C14H15F3N2O2/c1-9(2)12(20)19-13(21,14(15,16)17)8-11(18-19)10-6-4-3-5-7-10/h3-7,9,21H,8H2,1-2H3/t13-/m0/s1. The second-order valence-corrected chi connectivity index (χ2v) is 5.21. The molecule has 1 atom stereocenters. The molecule has 4 nitrogen and oxygen atoms in total. The van der Waals surface area contributed by atoms with Crippen molar-refractivity contribution < 1.29 is 23.1 Å². The molecule has 0 unspecified atom stereocenters. The molecule has 21 heavy (non-hydrogen) atoms. The molecular weight excluding hydrogens is 285 g/mol. The summed E-state index contributed by atoms with van der Waals surface area (Å²) in [4.78, 5) is 11.9. The maximum atomic E-state index is 13.2. The summed E-state index contributed by atoms with van der Waals surface area (Å²) in [5, 5.41) is 13.9. The maximum absolute atomic E-state index is 13.2. The van der Waals surface area contributed by atoms with Gasteiger partial charge in [-0.25, -0.2) is 0 Å². The molecule has 0 saturated carbocycles. The molecule has 1 aromatic rings. The van der Waals surface area contributed by atoms with E-state index in [-0.39, 0.29) is 10.7 Å². The number of benzene rings is 1. The molecule has 0 bridgehead atoms. The Morgan fingerprint density at radius 3 is 2.38 bits per heavy atom. The monoisotopic (exact) mass is 300 g/mol. The summed E-state index contributed by atoms with van der Waals surface area (Å²) in [6.45, 7) is 2.91. The van der Waals surface area contributed by atoms with Gasteiger partial charge in [-0.15, -0.1) is 0 Å². The van der Waals surface area contributed by atoms with Crippen molar-refractivity contribution in [3.63, 3.8) is 0 Å². The Balaban J connectivity index is 2.45. The maximum Gasteiger partial charge on any atom is 0.438 e. The number of nitrogens with zero attached hydrogens (tertiary/aromatic N) is 2. The molecule has 0 fully saturated rings. The number of amides is 1. The number of alkyl halides is 3. The van der Waals surface area contributed by atoms with Crippen LogP contribution in [0.1, 0.15) is 25.8 Å². The first-order valence-corrected chi connectivity index (χ1v) is 6.43. The molecule has 1 aliphatic heterocycles. The number of carbonyl (C=O) groups is 1. The molecule has 0 radical (unpaired) electrons. The first kappa shape index (κ1) is 15.5. The van der Waals surface area contributed by atoms with Gasteiger partial charge in [-0.2, -0.15) is 23.3 Å². The number of hydrogen-bond acceptors (Lipinski definition) is 3. The van der Waals surface area contributed by atoms with Gasteiger partial charge >= 0.3 is 6.18 Å². The van der Waals surface area contributed by atoms with Gasteiger partial charge < -0.3 is 5.11 Å². The fourth-order valence-corrected chi connectivity index (χ4v) is 2.03. The fraction of sp³-hybridized carbons (Fsp3) is 0.429. The van der Waals surface area contributed by atoms with E-state index in [9.17, 15) is 23.1 Å². The van der Waals surface area contributed by atoms with Crippen molar-refractivity contribution in [3.05, 3.63) is 35.9 Å². The lowest BCUT2D eigenvalue weighted by molar-refractivity contribution is -0.303. The summed E-state index contributed by atoms with van der Waals surface area (Å²) in [7, 11) is 0. The van der Waals surface area contributed by atoms with E-state index in [1.165, 1.54) is 13.8 Å². The van der Waals surface area contributed by atoms with Gasteiger partial charge in [0.25, 0.3) is 5.72 Å². The number of hydrogen-bond donors (Lipinski definition) is 1. The molecule has 1 aromatic carbocycles. The summed E-state index contributed by atoms with van der Waals surface area (Å²) in [6, 6.07) is 8.18. The van der Waals surface area contributed by atoms with Crippen LogP contribution >= 0.6 is 0 Å². The lowest BCUT2D eigenvalue weighted by atomic mass is 10.0. The average Bonchev–Trinajstić information content (AvgIpc) is 2.78. The zero-order valence-electron chi connectivity index (χ0n) is 11.6. The van der Waals surface area contributed by atoms with E-state index in [1.54, 1.807) is 30.3 Å². The summed E-state index contributed by atoms with van der Waals surface area (Å²) < 4.78 is 39.6. The van der Waals surface area contributed by atoms with E-state index in [0.717, 1.165) is 0 Å². The van der Waals surface area contributed by atoms with E-state index in [1.807, 2.05) is 0 Å². The number of aliphatic hydroxyl groups is 1. The van der Waals surface area contributed by atoms with Crippen LogP contribution in [0.3, 0.4) is 0 Å². The van der Waals surface area contributed by atoms with Gasteiger partial charge in [0.15, 0.2) is 0 Å². The Hall–Kier alpha value is -1.89. The molecule has 1 N–H and O–H groups in total. The van der Waals surface area contributed by atoms with Crippen molar-refractivity contribution in [1.82, 2.24) is 5.01 Å². The first-order valence-electron chi connectivity index (χ1n) is 6.43. The van der Waals surface area contributed by atoms with Crippen LogP contribution in [-0.2, 0) is 4.79 Å². The third kappa shape index (κ3) is 2.65. The minimum atomic E-state index is -4.99. The van der Waals surface area contributed by atoms with Gasteiger partial charge in [0, 0.05) is 5.92 Å². The Morgan fingerprint density at radius 2 is 1.90 bits per heavy atom. The van der Waals surface area contributed by atoms with E-state index in [4.69, 9.17) is 0 Å². The highest BCUT2D eigenvalue weighted by molar-refractivity contribution is 6.03. The SMILES string of the molecule is CC(C)C(=O)N1N=C(c2ccccc2)C[C@]1(O)C(F)(F)F. The van der Waals surface area contributed by atoms with Crippen LogP contribution in [0.15, 0.2) is 35.4 Å². The van der Waals surface area contributed by atoms with Crippen LogP contribution < -0.4 is 0 Å². The number of halogens is 3. The van der Waals surface area contributed by atoms with Crippen molar-refractivity contribution in [2.45, 2.75) is 32.2 Å². The van der Waals surface area contributed by atoms with Gasteiger partial charge in [0.2, 0.25) is 5.91 Å². The van der Waals surface area contributed by atoms with Crippen molar-refractivity contribution in [1.29, 1.82) is 0 Å². The van der Waals surface area contributed by atoms with E-state index in [0.29, 0.717) is 5.56 Å². The van der Waals surface area contributed by atoms with Gasteiger partial charge in [-0.1, -0.05) is 44.2 Å². The van der Waals surface area contributed by atoms with Crippen molar-refractivity contribution in [2.75, 3.05) is 0 Å². The molecule has 1 amide bonds. The fourth-order valence-electron chi connectivity index (χ4n) is 2.03. The Kier molecular flexibility index (Phi) is 3.79. The second-order valence-electron chi connectivity index (χ2n) is 5.21. The smallest absolute Gasteiger partial charge is 0.362 e. The minimum Gasteiger partial charge on any atom is -0.362 e. The summed E-state index contributed by atoms with van der Waals surface area (Å²) in [5.74, 6) is -1.58. The highest BCUT2D eigenvalue weighted by Crippen LogP contribution is 2.41. The lowest BCUT2D eigenvalue weighted by Gasteiger charge is -2.33. The summed E-state index contributed by atoms with van der Waals surface area (Å²) in [5.41, 5.74) is -2.82. The summed E-state index contributed by atoms with van der Waals surface area (Å²) >= 11 is 0. The third-order valence-corrected chi connectivity index (χ3v) is 3.25. The Labute approximate surface area is 119 Å². The number of carbonyl (C=O) groups excluding carboxylic acids is 1. The van der Waals surface area contributed by atoms with Crippen LogP contribution in [0.25, 0.3) is 0 Å². The zero-order valence-corrected chi connectivity index (χ0v) is 11.6. The van der Waals surface area contributed by atoms with Gasteiger partial charge in [-0.05, 0) is 5.56 Å². The predicted molar refractivity (Wildman–Crippen MR) is 70.3 cm³/mol. The average molecular weight is 300 g/mol. The molecule has 2 rings (SSSR count). The largest absolute Gasteiger partial charge is 0.438 e. The number of hydrazone groups is 1. The van der Waals surface area contributed by atoms with Crippen LogP contribution in [0.5, 0.6) is 0 Å². The molecule has 1 aliphatic rings. The van der Waals surface area contributed by atoms with Crippen LogP contribution in [-0.4, -0.2) is 33.6 Å². The van der Waals surface area contributed by atoms with E-state index >= 15 is 0 Å². The van der Waals surface area contributed by atoms with Crippen molar-refractivity contribution in [2.24, 2.45) is 11.0 Å². The molecule has 0 spiro atoms. The van der Waals surface area contributed by atoms with Gasteiger partial charge in [0.1, 0.15) is 0 Å². The van der Waals surface area contributed by atoms with Crippen molar-refractivity contribution >= 4 is 11.6 Å².